The predicted molar refractivity (Wildman–Crippen MR) is 49.8 cm³/mol. The minimum absolute atomic E-state index is 0.531. The van der Waals surface area contributed by atoms with Gasteiger partial charge in [0.05, 0.1) is 12.7 Å². The van der Waals surface area contributed by atoms with Crippen molar-refractivity contribution in [3.8, 4) is 0 Å². The van der Waals surface area contributed by atoms with Crippen molar-refractivity contribution in [2.45, 2.75) is 31.8 Å². The Bertz CT molecular complexity index is 107. The van der Waals surface area contributed by atoms with Gasteiger partial charge in [-0.2, -0.15) is 0 Å². The summed E-state index contributed by atoms with van der Waals surface area (Å²) in [6, 6.07) is 0. The summed E-state index contributed by atoms with van der Waals surface area (Å²) in [5.41, 5.74) is 10.9. The van der Waals surface area contributed by atoms with Crippen LogP contribution in [-0.4, -0.2) is 25.8 Å². The van der Waals surface area contributed by atoms with Gasteiger partial charge in [-0.25, -0.2) is 0 Å². The van der Waals surface area contributed by atoms with E-state index in [1.807, 2.05) is 0 Å². The van der Waals surface area contributed by atoms with Crippen LogP contribution in [-0.2, 0) is 4.74 Å². The van der Waals surface area contributed by atoms with Crippen molar-refractivity contribution in [2.75, 3.05) is 19.7 Å². The first-order chi connectivity index (χ1) is 5.88. The van der Waals surface area contributed by atoms with Crippen molar-refractivity contribution in [2.24, 2.45) is 17.4 Å². The first-order valence-corrected chi connectivity index (χ1v) is 4.90. The number of nitrogens with two attached hydrogens (primary N) is 2. The molecule has 3 nitrogen and oxygen atoms in total. The lowest BCUT2D eigenvalue weighted by atomic mass is 9.94. The van der Waals surface area contributed by atoms with E-state index in [2.05, 4.69) is 0 Å². The molecule has 1 rings (SSSR count). The van der Waals surface area contributed by atoms with Crippen molar-refractivity contribution < 1.29 is 4.74 Å². The third-order valence-electron chi connectivity index (χ3n) is 2.44. The molecule has 0 saturated carbocycles. The van der Waals surface area contributed by atoms with Gasteiger partial charge in [-0.1, -0.05) is 0 Å². The van der Waals surface area contributed by atoms with Crippen molar-refractivity contribution in [3.05, 3.63) is 0 Å². The molecule has 1 atom stereocenters. The SMILES string of the molecule is NCCCC(CCCN)C1CO1. The van der Waals surface area contributed by atoms with Crippen molar-refractivity contribution in [1.82, 2.24) is 0 Å². The summed E-state index contributed by atoms with van der Waals surface area (Å²) in [5, 5.41) is 0. The molecule has 1 heterocycles. The molecule has 1 saturated heterocycles. The molecule has 72 valence electrons. The summed E-state index contributed by atoms with van der Waals surface area (Å²) in [6.07, 6.45) is 5.19. The van der Waals surface area contributed by atoms with E-state index in [0.29, 0.717) is 6.10 Å². The van der Waals surface area contributed by atoms with E-state index in [4.69, 9.17) is 16.2 Å². The second-order valence-corrected chi connectivity index (χ2v) is 3.49. The number of hydrogen-bond donors (Lipinski definition) is 2. The van der Waals surface area contributed by atoms with Crippen LogP contribution in [0.15, 0.2) is 0 Å². The molecular weight excluding hydrogens is 152 g/mol. The molecule has 1 fully saturated rings. The van der Waals surface area contributed by atoms with Crippen molar-refractivity contribution >= 4 is 0 Å². The molecule has 0 bridgehead atoms. The summed E-state index contributed by atoms with van der Waals surface area (Å²) in [4.78, 5) is 0. The van der Waals surface area contributed by atoms with Crippen LogP contribution in [0.3, 0.4) is 0 Å². The van der Waals surface area contributed by atoms with E-state index in [1.54, 1.807) is 0 Å². The number of hydrogen-bond acceptors (Lipinski definition) is 3. The fraction of sp³-hybridized carbons (Fsp3) is 1.00. The van der Waals surface area contributed by atoms with E-state index in [0.717, 1.165) is 38.5 Å². The molecule has 0 aromatic carbocycles. The normalized spacial score (nSPS) is 21.8. The Morgan fingerprint density at radius 3 is 2.00 bits per heavy atom. The highest BCUT2D eigenvalue weighted by atomic mass is 16.6. The molecular formula is C9H20N2O. The summed E-state index contributed by atoms with van der Waals surface area (Å²) < 4.78 is 5.28. The Hall–Kier alpha value is -0.120. The lowest BCUT2D eigenvalue weighted by Crippen LogP contribution is -2.13. The van der Waals surface area contributed by atoms with Crippen LogP contribution in [0.4, 0.5) is 0 Å². The minimum Gasteiger partial charge on any atom is -0.373 e. The molecule has 1 unspecified atom stereocenters. The standard InChI is InChI=1S/C9H20N2O/c10-5-1-3-8(4-2-6-11)9-7-12-9/h8-9H,1-7,10-11H2. The highest BCUT2D eigenvalue weighted by molar-refractivity contribution is 4.79. The Morgan fingerprint density at radius 1 is 1.17 bits per heavy atom. The lowest BCUT2D eigenvalue weighted by Gasteiger charge is -2.12. The molecule has 0 aliphatic carbocycles. The highest BCUT2D eigenvalue weighted by Gasteiger charge is 2.31. The maximum atomic E-state index is 5.46. The van der Waals surface area contributed by atoms with Gasteiger partial charge in [0.15, 0.2) is 0 Å². The molecule has 0 aromatic heterocycles. The van der Waals surface area contributed by atoms with Gasteiger partial charge in [0.2, 0.25) is 0 Å². The summed E-state index contributed by atoms with van der Waals surface area (Å²) >= 11 is 0. The highest BCUT2D eigenvalue weighted by Crippen LogP contribution is 2.27. The Kier molecular flexibility index (Phi) is 4.58. The van der Waals surface area contributed by atoms with Gasteiger partial charge in [0.1, 0.15) is 0 Å². The third kappa shape index (κ3) is 3.52. The topological polar surface area (TPSA) is 64.6 Å². The molecule has 1 aliphatic rings. The molecule has 3 heteroatoms. The van der Waals surface area contributed by atoms with Crippen LogP contribution in [0.25, 0.3) is 0 Å². The number of ether oxygens (including phenoxy) is 1. The maximum Gasteiger partial charge on any atom is 0.0838 e. The van der Waals surface area contributed by atoms with Gasteiger partial charge in [0.25, 0.3) is 0 Å². The quantitative estimate of drug-likeness (QED) is 0.549. The van der Waals surface area contributed by atoms with Gasteiger partial charge >= 0.3 is 0 Å². The van der Waals surface area contributed by atoms with Crippen LogP contribution in [0, 0.1) is 5.92 Å². The Labute approximate surface area is 74.4 Å². The van der Waals surface area contributed by atoms with Crippen LogP contribution in [0.5, 0.6) is 0 Å². The summed E-state index contributed by atoms with van der Waals surface area (Å²) in [6.45, 7) is 2.55. The average molecular weight is 172 g/mol. The van der Waals surface area contributed by atoms with Crippen LogP contribution in [0.1, 0.15) is 25.7 Å². The fourth-order valence-corrected chi connectivity index (χ4v) is 1.60. The second-order valence-electron chi connectivity index (χ2n) is 3.49. The largest absolute Gasteiger partial charge is 0.373 e. The maximum absolute atomic E-state index is 5.46. The van der Waals surface area contributed by atoms with E-state index in [9.17, 15) is 0 Å². The Balaban J connectivity index is 2.09. The lowest BCUT2D eigenvalue weighted by molar-refractivity contribution is 0.296. The zero-order chi connectivity index (χ0) is 8.81. The molecule has 1 aliphatic heterocycles. The smallest absolute Gasteiger partial charge is 0.0838 e. The van der Waals surface area contributed by atoms with E-state index in [1.165, 1.54) is 12.8 Å². The zero-order valence-electron chi connectivity index (χ0n) is 7.67. The van der Waals surface area contributed by atoms with Gasteiger partial charge in [-0.3, -0.25) is 0 Å². The van der Waals surface area contributed by atoms with Crippen molar-refractivity contribution in [1.29, 1.82) is 0 Å². The van der Waals surface area contributed by atoms with E-state index in [-0.39, 0.29) is 0 Å². The number of rotatable bonds is 7. The number of epoxide rings is 1. The first kappa shape index (κ1) is 9.96. The first-order valence-electron chi connectivity index (χ1n) is 4.90. The zero-order valence-corrected chi connectivity index (χ0v) is 7.67. The molecule has 0 spiro atoms. The van der Waals surface area contributed by atoms with Crippen LogP contribution >= 0.6 is 0 Å². The van der Waals surface area contributed by atoms with Gasteiger partial charge in [-0.15, -0.1) is 0 Å². The molecule has 12 heavy (non-hydrogen) atoms. The predicted octanol–water partition coefficient (Wildman–Crippen LogP) is 0.479. The Morgan fingerprint density at radius 2 is 1.67 bits per heavy atom. The second kappa shape index (κ2) is 5.51. The van der Waals surface area contributed by atoms with Crippen LogP contribution in [0.2, 0.25) is 0 Å². The summed E-state index contributed by atoms with van der Waals surface area (Å²) in [7, 11) is 0. The van der Waals surface area contributed by atoms with Gasteiger partial charge in [-0.05, 0) is 44.7 Å². The van der Waals surface area contributed by atoms with Gasteiger partial charge < -0.3 is 16.2 Å². The molecule has 4 N–H and O–H groups in total. The third-order valence-corrected chi connectivity index (χ3v) is 2.44. The molecule has 0 amide bonds. The van der Waals surface area contributed by atoms with E-state index >= 15 is 0 Å². The van der Waals surface area contributed by atoms with Gasteiger partial charge in [0, 0.05) is 0 Å². The minimum atomic E-state index is 0.531. The summed E-state index contributed by atoms with van der Waals surface area (Å²) in [5.74, 6) is 0.720. The van der Waals surface area contributed by atoms with E-state index < -0.39 is 0 Å². The van der Waals surface area contributed by atoms with Crippen molar-refractivity contribution in [3.63, 3.8) is 0 Å². The molecule has 0 aromatic rings. The fourth-order valence-electron chi connectivity index (χ4n) is 1.60. The monoisotopic (exact) mass is 172 g/mol. The van der Waals surface area contributed by atoms with Crippen LogP contribution < -0.4 is 11.5 Å². The molecule has 0 radical (unpaired) electrons. The average Bonchev–Trinajstić information content (AvgIpc) is 2.88.